The molecule has 1 aliphatic rings. The first-order valence-corrected chi connectivity index (χ1v) is 22.9. The minimum Gasteiger partial charge on any atom is -0.457 e. The number of halogens is 8. The van der Waals surface area contributed by atoms with Crippen molar-refractivity contribution in [1.82, 2.24) is 35.0 Å². The zero-order valence-corrected chi connectivity index (χ0v) is 39.2. The van der Waals surface area contributed by atoms with Crippen LogP contribution in [0.5, 0.6) is 23.0 Å². The fourth-order valence-corrected chi connectivity index (χ4v) is 8.09. The fourth-order valence-electron chi connectivity index (χ4n) is 7.87. The van der Waals surface area contributed by atoms with Crippen LogP contribution in [0, 0.1) is 5.82 Å². The number of amides is 4. The van der Waals surface area contributed by atoms with Gasteiger partial charge in [-0.15, -0.1) is 0 Å². The number of ether oxygens (including phenoxy) is 2. The summed E-state index contributed by atoms with van der Waals surface area (Å²) in [4.78, 5) is 49.7. The summed E-state index contributed by atoms with van der Waals surface area (Å²) in [5, 5.41) is 12.6. The fraction of sp³-hybridized carbons (Fsp3) is 0.118. The molecule has 1 fully saturated rings. The Morgan fingerprint density at radius 2 is 1.13 bits per heavy atom. The molecule has 4 amide bonds. The first-order chi connectivity index (χ1) is 36.0. The van der Waals surface area contributed by atoms with Crippen LogP contribution >= 0.6 is 11.6 Å². The van der Waals surface area contributed by atoms with Crippen LogP contribution in [0.3, 0.4) is 0 Å². The zero-order chi connectivity index (χ0) is 52.4. The largest absolute Gasteiger partial charge is 0.457 e. The van der Waals surface area contributed by atoms with Gasteiger partial charge in [0, 0.05) is 62.1 Å². The Labute approximate surface area is 424 Å². The van der Waals surface area contributed by atoms with Crippen LogP contribution in [0.1, 0.15) is 11.1 Å². The van der Waals surface area contributed by atoms with Gasteiger partial charge in [0.15, 0.2) is 5.82 Å². The summed E-state index contributed by atoms with van der Waals surface area (Å²) in [6.45, 7) is 3.14. The first-order valence-electron chi connectivity index (χ1n) is 22.5. The second-order valence-electron chi connectivity index (χ2n) is 16.5. The van der Waals surface area contributed by atoms with Crippen LogP contribution < -0.4 is 40.3 Å². The highest BCUT2D eigenvalue weighted by atomic mass is 35.5. The maximum absolute atomic E-state index is 14.9. The molecule has 0 bridgehead atoms. The third-order valence-corrected chi connectivity index (χ3v) is 11.8. The number of nitrogens with zero attached hydrogens (tertiary/aromatic N) is 9. The molecule has 380 valence electrons. The van der Waals surface area contributed by atoms with Gasteiger partial charge in [0.05, 0.1) is 62.0 Å². The van der Waals surface area contributed by atoms with Gasteiger partial charge >= 0.3 is 24.4 Å². The normalized spacial score (nSPS) is 12.9. The van der Waals surface area contributed by atoms with E-state index in [0.717, 1.165) is 44.4 Å². The SMILES string of the molecule is O=C(Nc1ccc(Cl)c(C(F)(F)F)c1)N(c1ccc(Oc2ccc3ncc(-n4cccn4)nc3c2)cc1)N(C(=O)Nc1ccc(Oc2ccc3ncc(N4CCNCC4)nc3c2)cc1)c1ccc(F)c(C(F)(F)F)c1. The van der Waals surface area contributed by atoms with Crippen molar-refractivity contribution in [1.29, 1.82) is 0 Å². The van der Waals surface area contributed by atoms with Crippen molar-refractivity contribution in [2.75, 3.05) is 51.7 Å². The molecular weight excluding hydrogens is 1010 g/mol. The van der Waals surface area contributed by atoms with E-state index in [2.05, 4.69) is 40.9 Å². The lowest BCUT2D eigenvalue weighted by Crippen LogP contribution is -2.54. The number of aromatic nitrogens is 6. The van der Waals surface area contributed by atoms with E-state index >= 15 is 0 Å². The van der Waals surface area contributed by atoms with E-state index in [0.29, 0.717) is 73.4 Å². The molecular formula is C51H36ClF7N12O4. The third kappa shape index (κ3) is 11.1. The first kappa shape index (κ1) is 49.5. The Kier molecular flexibility index (Phi) is 13.5. The second kappa shape index (κ2) is 20.4. The minimum atomic E-state index is -5.29. The highest BCUT2D eigenvalue weighted by Crippen LogP contribution is 2.39. The molecule has 1 saturated heterocycles. The number of alkyl halides is 6. The second-order valence-corrected chi connectivity index (χ2v) is 16.9. The maximum atomic E-state index is 14.9. The molecule has 6 aromatic carbocycles. The molecule has 3 N–H and O–H groups in total. The van der Waals surface area contributed by atoms with Crippen LogP contribution in [-0.4, -0.2) is 68.0 Å². The Hall–Kier alpha value is -9.09. The number of rotatable bonds is 10. The number of nitrogens with one attached hydrogen (secondary N) is 3. The Morgan fingerprint density at radius 1 is 0.600 bits per heavy atom. The molecule has 3 aromatic heterocycles. The Bertz CT molecular complexity index is 3570. The van der Waals surface area contributed by atoms with E-state index in [1.807, 2.05) is 0 Å². The molecule has 0 saturated carbocycles. The molecule has 16 nitrogen and oxygen atoms in total. The van der Waals surface area contributed by atoms with Gasteiger partial charge in [0.1, 0.15) is 34.6 Å². The van der Waals surface area contributed by atoms with Crippen molar-refractivity contribution < 1.29 is 49.8 Å². The van der Waals surface area contributed by atoms with Crippen molar-refractivity contribution in [2.45, 2.75) is 12.4 Å². The zero-order valence-electron chi connectivity index (χ0n) is 38.4. The molecule has 0 aliphatic carbocycles. The van der Waals surface area contributed by atoms with Gasteiger partial charge in [0.2, 0.25) is 0 Å². The summed E-state index contributed by atoms with van der Waals surface area (Å²) >= 11 is 5.86. The van der Waals surface area contributed by atoms with E-state index in [-0.39, 0.29) is 22.9 Å². The number of piperazine rings is 1. The standard InChI is InChI=1S/C51H36ClF7N12O4/c52-40-14-4-31(24-38(40)50(54,55)56)65-49(73)70(32-5-10-35(11-6-32)75-37-13-17-43-45(27-37)67-47(29-62-43)69-21-1-18-63-69)71(33-7-15-41(53)39(25-33)51(57,58)59)48(72)64-30-2-8-34(9-3-30)74-36-12-16-42-44(26-36)66-46(28-61-42)68-22-19-60-20-23-68/h1-18,21,24-29,60H,19-20,22-23H2,(H,64,72)(H,65,73). The summed E-state index contributed by atoms with van der Waals surface area (Å²) in [5.41, 5.74) is -2.30. The molecule has 4 heterocycles. The van der Waals surface area contributed by atoms with Gasteiger partial charge in [-0.3, -0.25) is 9.97 Å². The van der Waals surface area contributed by atoms with Gasteiger partial charge in [-0.25, -0.2) is 28.6 Å². The van der Waals surface area contributed by atoms with Crippen LogP contribution in [-0.2, 0) is 12.4 Å². The average molecular weight is 1050 g/mol. The molecule has 0 unspecified atom stereocenters. The molecule has 75 heavy (non-hydrogen) atoms. The monoisotopic (exact) mass is 1050 g/mol. The van der Waals surface area contributed by atoms with Crippen LogP contribution in [0.15, 0.2) is 152 Å². The number of hydrogen-bond donors (Lipinski definition) is 3. The number of benzene rings is 6. The lowest BCUT2D eigenvalue weighted by molar-refractivity contribution is -0.140. The lowest BCUT2D eigenvalue weighted by Gasteiger charge is -2.35. The van der Waals surface area contributed by atoms with Crippen molar-refractivity contribution in [3.63, 3.8) is 0 Å². The number of carbonyl (C=O) groups excluding carboxylic acids is 2. The average Bonchev–Trinajstić information content (AvgIpc) is 3.94. The molecule has 0 atom stereocenters. The topological polar surface area (TPSA) is 168 Å². The summed E-state index contributed by atoms with van der Waals surface area (Å²) in [6, 6.07) is 24.1. The van der Waals surface area contributed by atoms with Gasteiger partial charge in [-0.2, -0.15) is 41.5 Å². The summed E-state index contributed by atoms with van der Waals surface area (Å²) in [6.07, 6.45) is -3.75. The number of urea groups is 2. The van der Waals surface area contributed by atoms with Crippen molar-refractivity contribution in [3.8, 4) is 28.8 Å². The van der Waals surface area contributed by atoms with Gasteiger partial charge in [-0.05, 0) is 115 Å². The highest BCUT2D eigenvalue weighted by molar-refractivity contribution is 6.31. The third-order valence-electron chi connectivity index (χ3n) is 11.4. The van der Waals surface area contributed by atoms with Crippen LogP contribution in [0.2, 0.25) is 5.02 Å². The van der Waals surface area contributed by atoms with Gasteiger partial charge in [0.25, 0.3) is 0 Å². The van der Waals surface area contributed by atoms with Crippen molar-refractivity contribution in [3.05, 3.63) is 174 Å². The molecule has 10 rings (SSSR count). The number of hydrazine groups is 1. The minimum absolute atomic E-state index is 0.0361. The molecule has 0 radical (unpaired) electrons. The molecule has 24 heteroatoms. The Morgan fingerprint density at radius 3 is 1.73 bits per heavy atom. The van der Waals surface area contributed by atoms with Gasteiger partial charge < -0.3 is 30.3 Å². The maximum Gasteiger partial charge on any atom is 0.419 e. The summed E-state index contributed by atoms with van der Waals surface area (Å²) in [7, 11) is 0. The Balaban J connectivity index is 0.975. The van der Waals surface area contributed by atoms with E-state index in [4.69, 9.17) is 26.1 Å². The quantitative estimate of drug-likeness (QED) is 0.0881. The van der Waals surface area contributed by atoms with E-state index in [9.17, 15) is 40.3 Å². The van der Waals surface area contributed by atoms with E-state index < -0.39 is 57.8 Å². The lowest BCUT2D eigenvalue weighted by atomic mass is 10.1. The van der Waals surface area contributed by atoms with E-state index in [1.165, 1.54) is 59.4 Å². The van der Waals surface area contributed by atoms with Crippen molar-refractivity contribution in [2.24, 2.45) is 0 Å². The predicted octanol–water partition coefficient (Wildman–Crippen LogP) is 12.3. The summed E-state index contributed by atoms with van der Waals surface area (Å²) in [5.74, 6) is 0.578. The number of fused-ring (bicyclic) bond motifs is 2. The van der Waals surface area contributed by atoms with Gasteiger partial charge in [-0.1, -0.05) is 11.6 Å². The van der Waals surface area contributed by atoms with E-state index in [1.54, 1.807) is 61.1 Å². The summed E-state index contributed by atoms with van der Waals surface area (Å²) < 4.78 is 114. The highest BCUT2D eigenvalue weighted by Gasteiger charge is 2.38. The predicted molar refractivity (Wildman–Crippen MR) is 265 cm³/mol. The molecule has 1 aliphatic heterocycles. The van der Waals surface area contributed by atoms with Crippen LogP contribution in [0.25, 0.3) is 27.9 Å². The number of anilines is 5. The number of hydrogen-bond acceptors (Lipinski definition) is 11. The van der Waals surface area contributed by atoms with Crippen LogP contribution in [0.4, 0.5) is 68.9 Å². The van der Waals surface area contributed by atoms with Crippen molar-refractivity contribution >= 4 is 74.3 Å². The number of carbonyl (C=O) groups is 2. The smallest absolute Gasteiger partial charge is 0.419 e. The molecule has 9 aromatic rings. The molecule has 0 spiro atoms.